The summed E-state index contributed by atoms with van der Waals surface area (Å²) in [7, 11) is 0. The van der Waals surface area contributed by atoms with Crippen molar-refractivity contribution < 1.29 is 5.11 Å². The van der Waals surface area contributed by atoms with Crippen molar-refractivity contribution in [1.29, 1.82) is 0 Å². The van der Waals surface area contributed by atoms with Gasteiger partial charge in [-0.2, -0.15) is 5.10 Å². The van der Waals surface area contributed by atoms with Crippen molar-refractivity contribution >= 4 is 17.4 Å². The first-order valence-electron chi connectivity index (χ1n) is 8.21. The van der Waals surface area contributed by atoms with Gasteiger partial charge in [0.15, 0.2) is 0 Å². The van der Waals surface area contributed by atoms with Crippen molar-refractivity contribution in [3.8, 4) is 0 Å². The standard InChI is InChI=1S/C18H27N3OS/c1-5-21-15(4)18(14(3)20-21)13(2)19-16-7-9-17(10-8-16)23-12-6-11-22/h7-10,13,19,22H,5-6,11-12H2,1-4H3. The highest BCUT2D eigenvalue weighted by atomic mass is 32.2. The van der Waals surface area contributed by atoms with E-state index >= 15 is 0 Å². The molecule has 2 rings (SSSR count). The Morgan fingerprint density at radius 2 is 1.96 bits per heavy atom. The highest BCUT2D eigenvalue weighted by Crippen LogP contribution is 2.27. The van der Waals surface area contributed by atoms with Crippen LogP contribution in [0.5, 0.6) is 0 Å². The number of rotatable bonds is 8. The zero-order chi connectivity index (χ0) is 16.8. The van der Waals surface area contributed by atoms with Gasteiger partial charge in [0.2, 0.25) is 0 Å². The Kier molecular flexibility index (Phi) is 6.54. The minimum Gasteiger partial charge on any atom is -0.396 e. The summed E-state index contributed by atoms with van der Waals surface area (Å²) in [4.78, 5) is 1.24. The lowest BCUT2D eigenvalue weighted by molar-refractivity contribution is 0.296. The second kappa shape index (κ2) is 8.41. The van der Waals surface area contributed by atoms with Gasteiger partial charge in [0.1, 0.15) is 0 Å². The Labute approximate surface area is 143 Å². The molecule has 1 unspecified atom stereocenters. The number of nitrogens with zero attached hydrogens (tertiary/aromatic N) is 2. The highest BCUT2D eigenvalue weighted by Gasteiger charge is 2.16. The van der Waals surface area contributed by atoms with Crippen molar-refractivity contribution in [3.05, 3.63) is 41.2 Å². The van der Waals surface area contributed by atoms with Crippen molar-refractivity contribution in [3.63, 3.8) is 0 Å². The summed E-state index contributed by atoms with van der Waals surface area (Å²) in [5, 5.41) is 17.0. The largest absolute Gasteiger partial charge is 0.396 e. The van der Waals surface area contributed by atoms with Crippen LogP contribution < -0.4 is 5.32 Å². The van der Waals surface area contributed by atoms with E-state index in [1.54, 1.807) is 11.8 Å². The molecule has 1 aromatic heterocycles. The monoisotopic (exact) mass is 333 g/mol. The van der Waals surface area contributed by atoms with Gasteiger partial charge in [-0.25, -0.2) is 0 Å². The Balaban J connectivity index is 2.03. The summed E-state index contributed by atoms with van der Waals surface area (Å²) in [6, 6.07) is 8.72. The lowest BCUT2D eigenvalue weighted by Gasteiger charge is -2.16. The third-order valence-corrected chi connectivity index (χ3v) is 5.08. The molecule has 0 aliphatic rings. The molecular formula is C18H27N3OS. The first-order chi connectivity index (χ1) is 11.1. The first-order valence-corrected chi connectivity index (χ1v) is 9.19. The highest BCUT2D eigenvalue weighted by molar-refractivity contribution is 7.99. The SMILES string of the molecule is CCn1nc(C)c(C(C)Nc2ccc(SCCCO)cc2)c1C. The molecule has 0 aliphatic carbocycles. The van der Waals surface area contributed by atoms with Gasteiger partial charge in [-0.05, 0) is 58.4 Å². The molecule has 23 heavy (non-hydrogen) atoms. The van der Waals surface area contributed by atoms with Gasteiger partial charge in [-0.3, -0.25) is 4.68 Å². The number of aliphatic hydroxyl groups is 1. The minimum absolute atomic E-state index is 0.225. The van der Waals surface area contributed by atoms with Gasteiger partial charge < -0.3 is 10.4 Å². The maximum atomic E-state index is 8.83. The van der Waals surface area contributed by atoms with Crippen LogP contribution in [0.25, 0.3) is 0 Å². The maximum Gasteiger partial charge on any atom is 0.0649 e. The molecule has 0 aliphatic heterocycles. The number of nitrogens with one attached hydrogen (secondary N) is 1. The average Bonchev–Trinajstić information content (AvgIpc) is 2.83. The number of hydrogen-bond acceptors (Lipinski definition) is 4. The van der Waals surface area contributed by atoms with E-state index in [0.29, 0.717) is 0 Å². The molecule has 2 aromatic rings. The van der Waals surface area contributed by atoms with E-state index in [-0.39, 0.29) is 12.6 Å². The Bertz CT molecular complexity index is 622. The number of aryl methyl sites for hydroxylation is 2. The third-order valence-electron chi connectivity index (χ3n) is 3.98. The molecule has 1 aromatic carbocycles. The number of hydrogen-bond donors (Lipinski definition) is 2. The minimum atomic E-state index is 0.225. The lowest BCUT2D eigenvalue weighted by atomic mass is 10.1. The fourth-order valence-electron chi connectivity index (χ4n) is 2.87. The van der Waals surface area contributed by atoms with E-state index in [4.69, 9.17) is 5.11 Å². The number of thioether (sulfide) groups is 1. The van der Waals surface area contributed by atoms with E-state index in [0.717, 1.165) is 30.1 Å². The first kappa shape index (κ1) is 17.9. The number of aliphatic hydroxyl groups excluding tert-OH is 1. The quantitative estimate of drug-likeness (QED) is 0.562. The summed E-state index contributed by atoms with van der Waals surface area (Å²) < 4.78 is 2.06. The Morgan fingerprint density at radius 3 is 2.52 bits per heavy atom. The van der Waals surface area contributed by atoms with Crippen molar-refractivity contribution in [2.45, 2.75) is 51.6 Å². The summed E-state index contributed by atoms with van der Waals surface area (Å²) in [6.07, 6.45) is 0.835. The molecule has 0 bridgehead atoms. The fourth-order valence-corrected chi connectivity index (χ4v) is 3.71. The summed E-state index contributed by atoms with van der Waals surface area (Å²) in [5.41, 5.74) is 4.74. The van der Waals surface area contributed by atoms with Gasteiger partial charge >= 0.3 is 0 Å². The topological polar surface area (TPSA) is 50.1 Å². The normalized spacial score (nSPS) is 12.4. The molecule has 0 amide bonds. The molecule has 1 heterocycles. The van der Waals surface area contributed by atoms with Crippen LogP contribution in [0, 0.1) is 13.8 Å². The van der Waals surface area contributed by atoms with Gasteiger partial charge in [-0.15, -0.1) is 11.8 Å². The van der Waals surface area contributed by atoms with Crippen LogP contribution in [0.4, 0.5) is 5.69 Å². The van der Waals surface area contributed by atoms with Crippen LogP contribution in [0.2, 0.25) is 0 Å². The molecule has 5 heteroatoms. The number of anilines is 1. The number of aromatic nitrogens is 2. The van der Waals surface area contributed by atoms with E-state index in [1.807, 2.05) is 0 Å². The molecule has 126 valence electrons. The summed E-state index contributed by atoms with van der Waals surface area (Å²) in [6.45, 7) is 9.67. The van der Waals surface area contributed by atoms with E-state index in [1.165, 1.54) is 16.2 Å². The lowest BCUT2D eigenvalue weighted by Crippen LogP contribution is -2.09. The van der Waals surface area contributed by atoms with Crippen LogP contribution in [0.15, 0.2) is 29.2 Å². The molecule has 4 nitrogen and oxygen atoms in total. The van der Waals surface area contributed by atoms with Crippen molar-refractivity contribution in [2.75, 3.05) is 17.7 Å². The van der Waals surface area contributed by atoms with E-state index < -0.39 is 0 Å². The molecule has 0 radical (unpaired) electrons. The molecular weight excluding hydrogens is 306 g/mol. The van der Waals surface area contributed by atoms with E-state index in [2.05, 4.69) is 67.1 Å². The van der Waals surface area contributed by atoms with Crippen LogP contribution >= 0.6 is 11.8 Å². The average molecular weight is 334 g/mol. The second-order valence-corrected chi connectivity index (χ2v) is 6.88. The fraction of sp³-hybridized carbons (Fsp3) is 0.500. The molecule has 1 atom stereocenters. The smallest absolute Gasteiger partial charge is 0.0649 e. The zero-order valence-corrected chi connectivity index (χ0v) is 15.3. The van der Waals surface area contributed by atoms with Crippen molar-refractivity contribution in [1.82, 2.24) is 9.78 Å². The van der Waals surface area contributed by atoms with Gasteiger partial charge in [0, 0.05) is 40.7 Å². The zero-order valence-electron chi connectivity index (χ0n) is 14.5. The van der Waals surface area contributed by atoms with Crippen LogP contribution in [-0.4, -0.2) is 27.2 Å². The molecule has 0 saturated heterocycles. The van der Waals surface area contributed by atoms with Crippen molar-refractivity contribution in [2.24, 2.45) is 0 Å². The van der Waals surface area contributed by atoms with Crippen LogP contribution in [0.3, 0.4) is 0 Å². The van der Waals surface area contributed by atoms with E-state index in [9.17, 15) is 0 Å². The molecule has 0 saturated carbocycles. The summed E-state index contributed by atoms with van der Waals surface area (Å²) >= 11 is 1.78. The van der Waals surface area contributed by atoms with Gasteiger partial charge in [0.05, 0.1) is 11.7 Å². The number of benzene rings is 1. The Hall–Kier alpha value is -1.46. The Morgan fingerprint density at radius 1 is 1.26 bits per heavy atom. The predicted octanol–water partition coefficient (Wildman–Crippen LogP) is 4.17. The third kappa shape index (κ3) is 4.52. The predicted molar refractivity (Wildman–Crippen MR) is 98.3 cm³/mol. The van der Waals surface area contributed by atoms with Gasteiger partial charge in [0.25, 0.3) is 0 Å². The molecule has 0 fully saturated rings. The van der Waals surface area contributed by atoms with Crippen LogP contribution in [-0.2, 0) is 6.54 Å². The summed E-state index contributed by atoms with van der Waals surface area (Å²) in [5.74, 6) is 0.953. The maximum absolute atomic E-state index is 8.83. The van der Waals surface area contributed by atoms with Crippen LogP contribution in [0.1, 0.15) is 43.3 Å². The van der Waals surface area contributed by atoms with Gasteiger partial charge in [-0.1, -0.05) is 0 Å². The molecule has 2 N–H and O–H groups in total. The second-order valence-electron chi connectivity index (χ2n) is 5.72. The molecule has 0 spiro atoms.